The van der Waals surface area contributed by atoms with Crippen LogP contribution >= 0.6 is 0 Å². The summed E-state index contributed by atoms with van der Waals surface area (Å²) in [5, 5.41) is 2.93. The Kier molecular flexibility index (Phi) is 5.13. The van der Waals surface area contributed by atoms with Crippen molar-refractivity contribution in [1.82, 2.24) is 15.3 Å². The predicted molar refractivity (Wildman–Crippen MR) is 84.8 cm³/mol. The van der Waals surface area contributed by atoms with Crippen LogP contribution in [0.15, 0.2) is 18.2 Å². The van der Waals surface area contributed by atoms with Crippen molar-refractivity contribution in [2.24, 2.45) is 11.1 Å². The molecule has 2 rings (SSSR count). The summed E-state index contributed by atoms with van der Waals surface area (Å²) in [6.45, 7) is 4.77. The van der Waals surface area contributed by atoms with Gasteiger partial charge < -0.3 is 16.0 Å². The minimum Gasteiger partial charge on any atom is -0.355 e. The van der Waals surface area contributed by atoms with Crippen molar-refractivity contribution in [2.45, 2.75) is 33.1 Å². The molecule has 0 spiro atoms. The zero-order valence-electron chi connectivity index (χ0n) is 13.1. The second-order valence-electron chi connectivity index (χ2n) is 5.54. The van der Waals surface area contributed by atoms with E-state index in [1.807, 2.05) is 13.8 Å². The normalized spacial score (nSPS) is 11.8. The van der Waals surface area contributed by atoms with E-state index in [2.05, 4.69) is 15.3 Å². The number of H-pyrrole nitrogens is 1. The third kappa shape index (κ3) is 3.27. The predicted octanol–water partition coefficient (Wildman–Crippen LogP) is 2.13. The molecule has 5 nitrogen and oxygen atoms in total. The quantitative estimate of drug-likeness (QED) is 0.732. The van der Waals surface area contributed by atoms with Crippen molar-refractivity contribution in [3.63, 3.8) is 0 Å². The molecular weight excluding hydrogens is 283 g/mol. The number of fused-ring (bicyclic) bond motifs is 1. The summed E-state index contributed by atoms with van der Waals surface area (Å²) < 4.78 is 13.1. The Morgan fingerprint density at radius 3 is 2.77 bits per heavy atom. The number of carbonyl (C=O) groups excluding carboxylic acids is 1. The third-order valence-electron chi connectivity index (χ3n) is 4.37. The van der Waals surface area contributed by atoms with E-state index in [4.69, 9.17) is 5.73 Å². The molecule has 0 saturated heterocycles. The number of hydrogen-bond donors (Lipinski definition) is 3. The van der Waals surface area contributed by atoms with Crippen molar-refractivity contribution < 1.29 is 9.18 Å². The van der Waals surface area contributed by atoms with Gasteiger partial charge in [0.2, 0.25) is 5.91 Å². The van der Waals surface area contributed by atoms with Crippen molar-refractivity contribution >= 4 is 16.9 Å². The fourth-order valence-electron chi connectivity index (χ4n) is 2.59. The number of benzene rings is 1. The van der Waals surface area contributed by atoms with Crippen LogP contribution in [-0.2, 0) is 11.2 Å². The number of aromatic nitrogens is 2. The van der Waals surface area contributed by atoms with Gasteiger partial charge in [0, 0.05) is 19.5 Å². The summed E-state index contributed by atoms with van der Waals surface area (Å²) >= 11 is 0. The van der Waals surface area contributed by atoms with E-state index < -0.39 is 5.41 Å². The first kappa shape index (κ1) is 16.4. The van der Waals surface area contributed by atoms with Crippen LogP contribution < -0.4 is 11.1 Å². The Morgan fingerprint density at radius 2 is 2.14 bits per heavy atom. The number of imidazole rings is 1. The monoisotopic (exact) mass is 306 g/mol. The molecule has 0 bridgehead atoms. The van der Waals surface area contributed by atoms with Crippen LogP contribution in [0.3, 0.4) is 0 Å². The number of hydrogen-bond acceptors (Lipinski definition) is 3. The summed E-state index contributed by atoms with van der Waals surface area (Å²) in [5.74, 6) is 0.420. The molecule has 0 radical (unpaired) electrons. The first-order valence-electron chi connectivity index (χ1n) is 7.67. The van der Waals surface area contributed by atoms with Crippen LogP contribution in [0.5, 0.6) is 0 Å². The molecule has 1 heterocycles. The molecule has 0 atom stereocenters. The number of halogens is 1. The van der Waals surface area contributed by atoms with Crippen LogP contribution in [0, 0.1) is 11.2 Å². The van der Waals surface area contributed by atoms with Gasteiger partial charge in [-0.3, -0.25) is 4.79 Å². The Bertz CT molecular complexity index is 640. The van der Waals surface area contributed by atoms with E-state index in [0.717, 1.165) is 24.2 Å². The number of nitrogens with two attached hydrogens (primary N) is 1. The number of aromatic amines is 1. The van der Waals surface area contributed by atoms with Crippen molar-refractivity contribution in [3.8, 4) is 0 Å². The van der Waals surface area contributed by atoms with E-state index >= 15 is 0 Å². The van der Waals surface area contributed by atoms with Gasteiger partial charge in [0.15, 0.2) is 0 Å². The Hall–Kier alpha value is -1.95. The lowest BCUT2D eigenvalue weighted by Gasteiger charge is -2.28. The van der Waals surface area contributed by atoms with Gasteiger partial charge in [0.1, 0.15) is 11.6 Å². The van der Waals surface area contributed by atoms with Crippen LogP contribution in [-0.4, -0.2) is 29.0 Å². The largest absolute Gasteiger partial charge is 0.355 e. The number of rotatable bonds is 7. The highest BCUT2D eigenvalue weighted by molar-refractivity contribution is 5.82. The van der Waals surface area contributed by atoms with Gasteiger partial charge in [-0.15, -0.1) is 0 Å². The van der Waals surface area contributed by atoms with E-state index in [-0.39, 0.29) is 11.7 Å². The van der Waals surface area contributed by atoms with Crippen LogP contribution in [0.25, 0.3) is 11.0 Å². The summed E-state index contributed by atoms with van der Waals surface area (Å²) in [6, 6.07) is 4.43. The molecule has 1 amide bonds. The minimum atomic E-state index is -0.489. The highest BCUT2D eigenvalue weighted by Gasteiger charge is 2.32. The van der Waals surface area contributed by atoms with Gasteiger partial charge in [-0.05, 0) is 31.0 Å². The van der Waals surface area contributed by atoms with Crippen LogP contribution in [0.4, 0.5) is 4.39 Å². The molecular formula is C16H23FN4O. The van der Waals surface area contributed by atoms with Crippen molar-refractivity contribution in [2.75, 3.05) is 13.1 Å². The topological polar surface area (TPSA) is 83.8 Å². The van der Waals surface area contributed by atoms with Gasteiger partial charge >= 0.3 is 0 Å². The summed E-state index contributed by atoms with van der Waals surface area (Å²) in [7, 11) is 0. The highest BCUT2D eigenvalue weighted by atomic mass is 19.1. The Labute approximate surface area is 129 Å². The second kappa shape index (κ2) is 6.87. The first-order valence-corrected chi connectivity index (χ1v) is 7.67. The van der Waals surface area contributed by atoms with Gasteiger partial charge in [-0.1, -0.05) is 13.8 Å². The molecule has 1 aromatic carbocycles. The molecule has 4 N–H and O–H groups in total. The lowest BCUT2D eigenvalue weighted by atomic mass is 9.81. The maximum Gasteiger partial charge on any atom is 0.227 e. The summed E-state index contributed by atoms with van der Waals surface area (Å²) in [4.78, 5) is 19.7. The second-order valence-corrected chi connectivity index (χ2v) is 5.54. The highest BCUT2D eigenvalue weighted by Crippen LogP contribution is 2.24. The molecule has 0 unspecified atom stereocenters. The van der Waals surface area contributed by atoms with E-state index in [1.54, 1.807) is 6.07 Å². The molecule has 6 heteroatoms. The van der Waals surface area contributed by atoms with Gasteiger partial charge in [-0.25, -0.2) is 9.37 Å². The molecule has 0 aliphatic carbocycles. The molecule has 120 valence electrons. The lowest BCUT2D eigenvalue weighted by Crippen LogP contribution is -2.45. The molecule has 0 aliphatic rings. The number of amides is 1. The number of carbonyl (C=O) groups is 1. The summed E-state index contributed by atoms with van der Waals surface area (Å²) in [6.07, 6.45) is 2.00. The zero-order valence-corrected chi connectivity index (χ0v) is 13.1. The number of nitrogens with one attached hydrogen (secondary N) is 2. The fourth-order valence-corrected chi connectivity index (χ4v) is 2.59. The van der Waals surface area contributed by atoms with Gasteiger partial charge in [0.05, 0.1) is 16.4 Å². The standard InChI is InChI=1S/C16H23FN4O/c1-3-16(4-2,10-18)15(22)19-8-7-14-20-12-6-5-11(17)9-13(12)21-14/h5-6,9H,3-4,7-8,10,18H2,1-2H3,(H,19,22)(H,20,21). The Balaban J connectivity index is 1.96. The minimum absolute atomic E-state index is 0.0119. The molecule has 0 aliphatic heterocycles. The van der Waals surface area contributed by atoms with E-state index in [0.29, 0.717) is 25.0 Å². The smallest absolute Gasteiger partial charge is 0.227 e. The van der Waals surface area contributed by atoms with Crippen LogP contribution in [0.1, 0.15) is 32.5 Å². The molecule has 1 aromatic heterocycles. The SMILES string of the molecule is CCC(CC)(CN)C(=O)NCCc1nc2ccc(F)cc2[nH]1. The first-order chi connectivity index (χ1) is 10.5. The van der Waals surface area contributed by atoms with Gasteiger partial charge in [-0.2, -0.15) is 0 Å². The fraction of sp³-hybridized carbons (Fsp3) is 0.500. The molecule has 0 fully saturated rings. The van der Waals surface area contributed by atoms with Crippen molar-refractivity contribution in [3.05, 3.63) is 29.8 Å². The van der Waals surface area contributed by atoms with Crippen LogP contribution in [0.2, 0.25) is 0 Å². The third-order valence-corrected chi connectivity index (χ3v) is 4.37. The molecule has 22 heavy (non-hydrogen) atoms. The van der Waals surface area contributed by atoms with Crippen molar-refractivity contribution in [1.29, 1.82) is 0 Å². The zero-order chi connectivity index (χ0) is 16.2. The molecule has 0 saturated carbocycles. The maximum absolute atomic E-state index is 13.1. The lowest BCUT2D eigenvalue weighted by molar-refractivity contribution is -0.131. The van der Waals surface area contributed by atoms with Gasteiger partial charge in [0.25, 0.3) is 0 Å². The van der Waals surface area contributed by atoms with E-state index in [9.17, 15) is 9.18 Å². The average molecular weight is 306 g/mol. The Morgan fingerprint density at radius 1 is 1.41 bits per heavy atom. The summed E-state index contributed by atoms with van der Waals surface area (Å²) in [5.41, 5.74) is 6.66. The molecule has 2 aromatic rings. The maximum atomic E-state index is 13.1. The number of nitrogens with zero attached hydrogens (tertiary/aromatic N) is 1. The average Bonchev–Trinajstić information content (AvgIpc) is 2.91. The van der Waals surface area contributed by atoms with E-state index in [1.165, 1.54) is 12.1 Å².